The first-order chi connectivity index (χ1) is 12.1. The SMILES string of the molecule is C=C(CCCCC)NCCCCCCNC(=C)Oc1ccccc1C. The Morgan fingerprint density at radius 3 is 2.28 bits per heavy atom. The molecule has 3 nitrogen and oxygen atoms in total. The second-order valence-corrected chi connectivity index (χ2v) is 6.62. The van der Waals surface area contributed by atoms with E-state index in [2.05, 4.69) is 30.7 Å². The van der Waals surface area contributed by atoms with Gasteiger partial charge in [0.25, 0.3) is 0 Å². The Morgan fingerprint density at radius 2 is 1.60 bits per heavy atom. The quantitative estimate of drug-likeness (QED) is 0.317. The maximum atomic E-state index is 5.73. The third-order valence-electron chi connectivity index (χ3n) is 4.21. The minimum atomic E-state index is 0.624. The predicted molar refractivity (Wildman–Crippen MR) is 109 cm³/mol. The molecule has 0 aliphatic carbocycles. The minimum absolute atomic E-state index is 0.624. The van der Waals surface area contributed by atoms with Crippen LogP contribution in [0.5, 0.6) is 5.75 Å². The van der Waals surface area contributed by atoms with Crippen LogP contribution < -0.4 is 15.4 Å². The molecule has 0 saturated heterocycles. The highest BCUT2D eigenvalue weighted by Crippen LogP contribution is 2.17. The number of unbranched alkanes of at least 4 members (excludes halogenated alkanes) is 5. The Morgan fingerprint density at radius 1 is 0.920 bits per heavy atom. The van der Waals surface area contributed by atoms with E-state index < -0.39 is 0 Å². The van der Waals surface area contributed by atoms with E-state index in [1.807, 2.05) is 31.2 Å². The molecule has 0 aliphatic heterocycles. The van der Waals surface area contributed by atoms with Crippen LogP contribution in [0.3, 0.4) is 0 Å². The molecule has 0 bridgehead atoms. The van der Waals surface area contributed by atoms with E-state index in [4.69, 9.17) is 4.74 Å². The summed E-state index contributed by atoms with van der Waals surface area (Å²) in [4.78, 5) is 0. The smallest absolute Gasteiger partial charge is 0.186 e. The topological polar surface area (TPSA) is 33.3 Å². The van der Waals surface area contributed by atoms with Crippen molar-refractivity contribution in [3.8, 4) is 5.75 Å². The van der Waals surface area contributed by atoms with E-state index in [0.29, 0.717) is 5.88 Å². The van der Waals surface area contributed by atoms with E-state index in [1.54, 1.807) is 0 Å². The average Bonchev–Trinajstić information content (AvgIpc) is 2.59. The minimum Gasteiger partial charge on any atom is -0.442 e. The van der Waals surface area contributed by atoms with Crippen molar-refractivity contribution >= 4 is 0 Å². The molecule has 0 saturated carbocycles. The van der Waals surface area contributed by atoms with Gasteiger partial charge in [-0.05, 0) is 50.8 Å². The number of rotatable bonds is 15. The summed E-state index contributed by atoms with van der Waals surface area (Å²) < 4.78 is 5.73. The number of ether oxygens (including phenoxy) is 1. The summed E-state index contributed by atoms with van der Waals surface area (Å²) in [6, 6.07) is 7.98. The van der Waals surface area contributed by atoms with Crippen LogP contribution in [0.1, 0.15) is 63.9 Å². The Labute approximate surface area is 154 Å². The summed E-state index contributed by atoms with van der Waals surface area (Å²) >= 11 is 0. The summed E-state index contributed by atoms with van der Waals surface area (Å²) in [7, 11) is 0. The molecule has 0 radical (unpaired) electrons. The van der Waals surface area contributed by atoms with Crippen LogP contribution in [0.15, 0.2) is 49.0 Å². The van der Waals surface area contributed by atoms with E-state index in [-0.39, 0.29) is 0 Å². The van der Waals surface area contributed by atoms with Gasteiger partial charge in [-0.3, -0.25) is 0 Å². The maximum Gasteiger partial charge on any atom is 0.186 e. The van der Waals surface area contributed by atoms with Crippen LogP contribution in [-0.2, 0) is 0 Å². The zero-order valence-electron chi connectivity index (χ0n) is 16.2. The van der Waals surface area contributed by atoms with E-state index in [1.165, 1.54) is 44.2 Å². The lowest BCUT2D eigenvalue weighted by Crippen LogP contribution is -2.18. The van der Waals surface area contributed by atoms with Gasteiger partial charge in [-0.15, -0.1) is 0 Å². The summed E-state index contributed by atoms with van der Waals surface area (Å²) in [6.07, 6.45) is 9.72. The van der Waals surface area contributed by atoms with Crippen molar-refractivity contribution < 1.29 is 4.74 Å². The Balaban J connectivity index is 1.95. The fourth-order valence-electron chi connectivity index (χ4n) is 2.61. The molecular formula is C22H36N2O. The van der Waals surface area contributed by atoms with Crippen LogP contribution in [-0.4, -0.2) is 13.1 Å². The highest BCUT2D eigenvalue weighted by molar-refractivity contribution is 5.32. The van der Waals surface area contributed by atoms with Crippen molar-refractivity contribution in [1.82, 2.24) is 10.6 Å². The number of para-hydroxylation sites is 1. The first-order valence-corrected chi connectivity index (χ1v) is 9.71. The van der Waals surface area contributed by atoms with Crippen LogP contribution >= 0.6 is 0 Å². The van der Waals surface area contributed by atoms with Gasteiger partial charge in [-0.25, -0.2) is 0 Å². The summed E-state index contributed by atoms with van der Waals surface area (Å²) in [5, 5.41) is 6.69. The summed E-state index contributed by atoms with van der Waals surface area (Å²) in [5.41, 5.74) is 2.31. The second kappa shape index (κ2) is 13.4. The first kappa shape index (κ1) is 21.1. The molecule has 0 fully saturated rings. The van der Waals surface area contributed by atoms with Gasteiger partial charge in [-0.2, -0.15) is 0 Å². The molecule has 0 heterocycles. The van der Waals surface area contributed by atoms with Crippen molar-refractivity contribution in [2.24, 2.45) is 0 Å². The van der Waals surface area contributed by atoms with Crippen LogP contribution in [0, 0.1) is 6.92 Å². The molecule has 140 valence electrons. The molecule has 0 aromatic heterocycles. The maximum absolute atomic E-state index is 5.73. The fraction of sp³-hybridized carbons (Fsp3) is 0.545. The van der Waals surface area contributed by atoms with Gasteiger partial charge in [-0.1, -0.05) is 57.4 Å². The fourth-order valence-corrected chi connectivity index (χ4v) is 2.61. The van der Waals surface area contributed by atoms with Crippen LogP contribution in [0.4, 0.5) is 0 Å². The third-order valence-corrected chi connectivity index (χ3v) is 4.21. The van der Waals surface area contributed by atoms with Gasteiger partial charge in [0.1, 0.15) is 5.75 Å². The molecule has 25 heavy (non-hydrogen) atoms. The van der Waals surface area contributed by atoms with Crippen LogP contribution in [0.25, 0.3) is 0 Å². The Kier molecular flexibility index (Phi) is 11.3. The number of hydrogen-bond donors (Lipinski definition) is 2. The first-order valence-electron chi connectivity index (χ1n) is 9.71. The van der Waals surface area contributed by atoms with E-state index in [9.17, 15) is 0 Å². The molecule has 0 spiro atoms. The van der Waals surface area contributed by atoms with Gasteiger partial charge >= 0.3 is 0 Å². The Bertz CT molecular complexity index is 511. The standard InChI is InChI=1S/C22H36N2O/c1-5-6-9-15-20(3)23-17-12-7-8-13-18-24-21(4)25-22-16-11-10-14-19(22)2/h10-11,14,16,23-24H,3-9,12-13,15,17-18H2,1-2H3. The highest BCUT2D eigenvalue weighted by Gasteiger charge is 2.00. The molecule has 1 aromatic rings. The molecule has 1 rings (SSSR count). The number of hydrogen-bond acceptors (Lipinski definition) is 3. The van der Waals surface area contributed by atoms with Crippen molar-refractivity contribution in [2.45, 2.75) is 65.2 Å². The number of nitrogens with one attached hydrogen (secondary N) is 2. The van der Waals surface area contributed by atoms with Crippen molar-refractivity contribution in [3.05, 3.63) is 54.6 Å². The normalized spacial score (nSPS) is 10.3. The molecule has 0 unspecified atom stereocenters. The van der Waals surface area contributed by atoms with Crippen molar-refractivity contribution in [2.75, 3.05) is 13.1 Å². The molecule has 0 amide bonds. The highest BCUT2D eigenvalue weighted by atomic mass is 16.5. The summed E-state index contributed by atoms with van der Waals surface area (Å²) in [6.45, 7) is 14.2. The molecule has 2 N–H and O–H groups in total. The van der Waals surface area contributed by atoms with Gasteiger partial charge in [0.15, 0.2) is 5.88 Å². The molecule has 1 aromatic carbocycles. The zero-order valence-corrected chi connectivity index (χ0v) is 16.2. The molecule has 0 aliphatic rings. The molecular weight excluding hydrogens is 308 g/mol. The van der Waals surface area contributed by atoms with E-state index >= 15 is 0 Å². The van der Waals surface area contributed by atoms with Gasteiger partial charge in [0.05, 0.1) is 0 Å². The number of benzene rings is 1. The Hall–Kier alpha value is -1.90. The lowest BCUT2D eigenvalue weighted by molar-refractivity contribution is 0.378. The van der Waals surface area contributed by atoms with Gasteiger partial charge < -0.3 is 15.4 Å². The molecule has 0 atom stereocenters. The number of aryl methyl sites for hydroxylation is 1. The van der Waals surface area contributed by atoms with Crippen LogP contribution in [0.2, 0.25) is 0 Å². The van der Waals surface area contributed by atoms with Crippen molar-refractivity contribution in [1.29, 1.82) is 0 Å². The monoisotopic (exact) mass is 344 g/mol. The number of allylic oxidation sites excluding steroid dienone is 1. The lowest BCUT2D eigenvalue weighted by Gasteiger charge is -2.13. The van der Waals surface area contributed by atoms with Gasteiger partial charge in [0.2, 0.25) is 0 Å². The zero-order chi connectivity index (χ0) is 18.3. The second-order valence-electron chi connectivity index (χ2n) is 6.62. The third kappa shape index (κ3) is 10.5. The predicted octanol–water partition coefficient (Wildman–Crippen LogP) is 5.68. The largest absolute Gasteiger partial charge is 0.442 e. The lowest BCUT2D eigenvalue weighted by atomic mass is 10.1. The summed E-state index contributed by atoms with van der Waals surface area (Å²) in [5.74, 6) is 1.49. The van der Waals surface area contributed by atoms with Crippen molar-refractivity contribution in [3.63, 3.8) is 0 Å². The average molecular weight is 345 g/mol. The van der Waals surface area contributed by atoms with Gasteiger partial charge in [0, 0.05) is 18.8 Å². The van der Waals surface area contributed by atoms with E-state index in [0.717, 1.165) is 37.2 Å². The molecule has 3 heteroatoms.